The van der Waals surface area contributed by atoms with Gasteiger partial charge in [-0.25, -0.2) is 4.98 Å². The lowest BCUT2D eigenvalue weighted by molar-refractivity contribution is 0.199. The zero-order valence-corrected chi connectivity index (χ0v) is 13.2. The first-order chi connectivity index (χ1) is 10.2. The van der Waals surface area contributed by atoms with E-state index >= 15 is 0 Å². The molecule has 2 rings (SSSR count). The molecule has 0 radical (unpaired) electrons. The van der Waals surface area contributed by atoms with Gasteiger partial charge in [0.25, 0.3) is 0 Å². The average Bonchev–Trinajstić information content (AvgIpc) is 2.91. The second kappa shape index (κ2) is 7.96. The molecule has 0 saturated heterocycles. The number of nitrogens with zero attached hydrogens (tertiary/aromatic N) is 2. The molecule has 0 amide bonds. The van der Waals surface area contributed by atoms with Gasteiger partial charge in [-0.1, -0.05) is 38.1 Å². The molecule has 1 heterocycles. The summed E-state index contributed by atoms with van der Waals surface area (Å²) >= 11 is 0. The summed E-state index contributed by atoms with van der Waals surface area (Å²) < 4.78 is 7.22. The fourth-order valence-corrected chi connectivity index (χ4v) is 2.23. The van der Waals surface area contributed by atoms with Crippen molar-refractivity contribution in [2.75, 3.05) is 20.3 Å². The largest absolute Gasteiger partial charge is 0.383 e. The highest BCUT2D eigenvalue weighted by Gasteiger charge is 2.04. The van der Waals surface area contributed by atoms with Crippen LogP contribution in [-0.4, -0.2) is 29.8 Å². The van der Waals surface area contributed by atoms with E-state index in [2.05, 4.69) is 53.0 Å². The van der Waals surface area contributed by atoms with Crippen molar-refractivity contribution in [2.45, 2.75) is 32.9 Å². The summed E-state index contributed by atoms with van der Waals surface area (Å²) in [6.07, 6.45) is 3.81. The molecule has 1 aromatic heterocycles. The molecule has 0 aliphatic heterocycles. The molecule has 0 fully saturated rings. The molecular formula is C17H25N3O. The third-order valence-electron chi connectivity index (χ3n) is 3.59. The monoisotopic (exact) mass is 287 g/mol. The fraction of sp³-hybridized carbons (Fsp3) is 0.471. The molecule has 1 aromatic carbocycles. The van der Waals surface area contributed by atoms with Gasteiger partial charge in [0, 0.05) is 32.9 Å². The molecule has 0 saturated carbocycles. The molecule has 114 valence electrons. The number of hydrogen-bond acceptors (Lipinski definition) is 3. The van der Waals surface area contributed by atoms with Crippen LogP contribution < -0.4 is 5.32 Å². The summed E-state index contributed by atoms with van der Waals surface area (Å²) in [7, 11) is 1.72. The average molecular weight is 287 g/mol. The minimum atomic E-state index is 0.577. The minimum absolute atomic E-state index is 0.577. The van der Waals surface area contributed by atoms with Gasteiger partial charge >= 0.3 is 0 Å². The van der Waals surface area contributed by atoms with Crippen molar-refractivity contribution in [1.29, 1.82) is 0 Å². The van der Waals surface area contributed by atoms with Gasteiger partial charge in [0.1, 0.15) is 0 Å². The molecular weight excluding hydrogens is 262 g/mol. The van der Waals surface area contributed by atoms with Crippen molar-refractivity contribution >= 4 is 0 Å². The van der Waals surface area contributed by atoms with Gasteiger partial charge in [0.2, 0.25) is 0 Å². The Morgan fingerprint density at radius 3 is 2.67 bits per heavy atom. The summed E-state index contributed by atoms with van der Waals surface area (Å²) in [5.41, 5.74) is 3.88. The van der Waals surface area contributed by atoms with Crippen LogP contribution >= 0.6 is 0 Å². The molecule has 0 unspecified atom stereocenters. The van der Waals surface area contributed by atoms with E-state index in [-0.39, 0.29) is 0 Å². The lowest BCUT2D eigenvalue weighted by atomic mass is 10.0. The predicted octanol–water partition coefficient (Wildman–Crippen LogP) is 2.79. The van der Waals surface area contributed by atoms with E-state index in [9.17, 15) is 0 Å². The smallest absolute Gasteiger partial charge is 0.0951 e. The quantitative estimate of drug-likeness (QED) is 0.759. The van der Waals surface area contributed by atoms with Gasteiger partial charge in [-0.15, -0.1) is 0 Å². The maximum absolute atomic E-state index is 5.03. The van der Waals surface area contributed by atoms with E-state index in [0.29, 0.717) is 5.92 Å². The van der Waals surface area contributed by atoms with Gasteiger partial charge < -0.3 is 14.6 Å². The Morgan fingerprint density at radius 1 is 1.24 bits per heavy atom. The minimum Gasteiger partial charge on any atom is -0.383 e. The molecule has 0 spiro atoms. The van der Waals surface area contributed by atoms with Gasteiger partial charge in [-0.3, -0.25) is 0 Å². The number of nitrogens with one attached hydrogen (secondary N) is 1. The molecule has 4 nitrogen and oxygen atoms in total. The number of methoxy groups -OCH3 is 1. The maximum Gasteiger partial charge on any atom is 0.0951 e. The molecule has 0 atom stereocenters. The standard InChI is InChI=1S/C17H25N3O/c1-14(2)16-6-4-15(5-7-16)12-20-13-19-11-17(20)10-18-8-9-21-3/h4-7,11,13-14,18H,8-10,12H2,1-3H3. The van der Waals surface area contributed by atoms with E-state index < -0.39 is 0 Å². The lowest BCUT2D eigenvalue weighted by Crippen LogP contribution is -2.20. The zero-order valence-electron chi connectivity index (χ0n) is 13.2. The van der Waals surface area contributed by atoms with Crippen LogP contribution in [0.15, 0.2) is 36.8 Å². The molecule has 0 aliphatic carbocycles. The Morgan fingerprint density at radius 2 is 2.00 bits per heavy atom. The first kappa shape index (κ1) is 15.7. The predicted molar refractivity (Wildman–Crippen MR) is 85.4 cm³/mol. The third kappa shape index (κ3) is 4.69. The normalized spacial score (nSPS) is 11.2. The lowest BCUT2D eigenvalue weighted by Gasteiger charge is -2.11. The molecule has 2 aromatic rings. The summed E-state index contributed by atoms with van der Waals surface area (Å²) in [4.78, 5) is 4.25. The van der Waals surface area contributed by atoms with Crippen LogP contribution in [0.2, 0.25) is 0 Å². The highest BCUT2D eigenvalue weighted by atomic mass is 16.5. The molecule has 0 aliphatic rings. The van der Waals surface area contributed by atoms with Gasteiger partial charge in [0.15, 0.2) is 0 Å². The van der Waals surface area contributed by atoms with Crippen LogP contribution in [0.25, 0.3) is 0 Å². The van der Waals surface area contributed by atoms with E-state index in [4.69, 9.17) is 4.74 Å². The number of aromatic nitrogens is 2. The highest BCUT2D eigenvalue weighted by Crippen LogP contribution is 2.15. The highest BCUT2D eigenvalue weighted by molar-refractivity contribution is 5.25. The number of benzene rings is 1. The Labute approximate surface area is 127 Å². The maximum atomic E-state index is 5.03. The fourth-order valence-electron chi connectivity index (χ4n) is 2.23. The molecule has 1 N–H and O–H groups in total. The summed E-state index contributed by atoms with van der Waals surface area (Å²) in [6, 6.07) is 8.84. The van der Waals surface area contributed by atoms with Crippen LogP contribution in [0.3, 0.4) is 0 Å². The summed E-state index contributed by atoms with van der Waals surface area (Å²) in [6.45, 7) is 7.69. The second-order valence-corrected chi connectivity index (χ2v) is 5.58. The van der Waals surface area contributed by atoms with Crippen molar-refractivity contribution in [1.82, 2.24) is 14.9 Å². The van der Waals surface area contributed by atoms with E-state index in [1.54, 1.807) is 7.11 Å². The molecule has 0 bridgehead atoms. The summed E-state index contributed by atoms with van der Waals surface area (Å²) in [5.74, 6) is 0.577. The number of hydrogen-bond donors (Lipinski definition) is 1. The van der Waals surface area contributed by atoms with E-state index in [0.717, 1.165) is 26.2 Å². The Hall–Kier alpha value is -1.65. The Balaban J connectivity index is 1.95. The second-order valence-electron chi connectivity index (χ2n) is 5.58. The molecule has 21 heavy (non-hydrogen) atoms. The van der Waals surface area contributed by atoms with Crippen molar-refractivity contribution in [3.63, 3.8) is 0 Å². The summed E-state index contributed by atoms with van der Waals surface area (Å²) in [5, 5.41) is 3.35. The van der Waals surface area contributed by atoms with Crippen molar-refractivity contribution in [3.05, 3.63) is 53.6 Å². The van der Waals surface area contributed by atoms with Crippen molar-refractivity contribution in [2.24, 2.45) is 0 Å². The first-order valence-electron chi connectivity index (χ1n) is 7.48. The molecule has 4 heteroatoms. The van der Waals surface area contributed by atoms with Crippen LogP contribution in [0.5, 0.6) is 0 Å². The number of imidazole rings is 1. The number of rotatable bonds is 8. The zero-order chi connectivity index (χ0) is 15.1. The van der Waals surface area contributed by atoms with Gasteiger partial charge in [0.05, 0.1) is 18.6 Å². The van der Waals surface area contributed by atoms with Gasteiger partial charge in [-0.2, -0.15) is 0 Å². The van der Waals surface area contributed by atoms with Crippen molar-refractivity contribution < 1.29 is 4.74 Å². The topological polar surface area (TPSA) is 39.1 Å². The van der Waals surface area contributed by atoms with Crippen LogP contribution in [0.1, 0.15) is 36.6 Å². The van der Waals surface area contributed by atoms with Crippen molar-refractivity contribution in [3.8, 4) is 0 Å². The van der Waals surface area contributed by atoms with Gasteiger partial charge in [-0.05, 0) is 17.0 Å². The third-order valence-corrected chi connectivity index (χ3v) is 3.59. The Kier molecular flexibility index (Phi) is 5.96. The number of ether oxygens (including phenoxy) is 1. The first-order valence-corrected chi connectivity index (χ1v) is 7.48. The van der Waals surface area contributed by atoms with Crippen LogP contribution in [0, 0.1) is 0 Å². The van der Waals surface area contributed by atoms with E-state index in [1.165, 1.54) is 16.8 Å². The van der Waals surface area contributed by atoms with E-state index in [1.807, 2.05) is 12.5 Å². The van der Waals surface area contributed by atoms with Crippen LogP contribution in [-0.2, 0) is 17.8 Å². The SMILES string of the molecule is COCCNCc1cncn1Cc1ccc(C(C)C)cc1. The van der Waals surface area contributed by atoms with Crippen LogP contribution in [0.4, 0.5) is 0 Å². The Bertz CT molecular complexity index is 531.